The molecule has 1 saturated carbocycles. The van der Waals surface area contributed by atoms with Gasteiger partial charge in [0.25, 0.3) is 0 Å². The fourth-order valence-corrected chi connectivity index (χ4v) is 4.59. The number of amides is 2. The Morgan fingerprint density at radius 1 is 1.26 bits per heavy atom. The summed E-state index contributed by atoms with van der Waals surface area (Å²) in [7, 11) is 0. The molecule has 0 aromatic heterocycles. The molecule has 1 heterocycles. The van der Waals surface area contributed by atoms with Gasteiger partial charge in [-0.3, -0.25) is 0 Å². The van der Waals surface area contributed by atoms with Gasteiger partial charge in [-0.2, -0.15) is 11.8 Å². The Bertz CT molecular complexity index is 532. The molecule has 1 aliphatic carbocycles. The van der Waals surface area contributed by atoms with Gasteiger partial charge in [0.1, 0.15) is 0 Å². The molecular formula is C18H26N2O2S. The lowest BCUT2D eigenvalue weighted by Crippen LogP contribution is -2.33. The van der Waals surface area contributed by atoms with Gasteiger partial charge in [-0.1, -0.05) is 31.4 Å². The van der Waals surface area contributed by atoms with Crippen molar-refractivity contribution in [1.29, 1.82) is 0 Å². The zero-order valence-electron chi connectivity index (χ0n) is 13.5. The van der Waals surface area contributed by atoms with E-state index in [9.17, 15) is 9.90 Å². The summed E-state index contributed by atoms with van der Waals surface area (Å²) in [5, 5.41) is 13.3. The summed E-state index contributed by atoms with van der Waals surface area (Å²) in [6.07, 6.45) is 7.12. The van der Waals surface area contributed by atoms with Gasteiger partial charge in [0.05, 0.1) is 6.10 Å². The molecule has 1 aromatic rings. The van der Waals surface area contributed by atoms with E-state index in [-0.39, 0.29) is 12.1 Å². The number of thioether (sulfide) groups is 1. The topological polar surface area (TPSA) is 52.6 Å². The number of hydrogen-bond acceptors (Lipinski definition) is 3. The summed E-state index contributed by atoms with van der Waals surface area (Å²) in [4.78, 5) is 13.9. The van der Waals surface area contributed by atoms with E-state index < -0.39 is 0 Å². The van der Waals surface area contributed by atoms with Gasteiger partial charge in [-0.25, -0.2) is 4.79 Å². The van der Waals surface area contributed by atoms with Crippen LogP contribution in [0.3, 0.4) is 0 Å². The minimum Gasteiger partial charge on any atom is -0.391 e. The summed E-state index contributed by atoms with van der Waals surface area (Å²) in [6, 6.07) is 8.02. The van der Waals surface area contributed by atoms with E-state index in [0.29, 0.717) is 19.5 Å². The number of hydrogen-bond donors (Lipinski definition) is 2. The van der Waals surface area contributed by atoms with Gasteiger partial charge < -0.3 is 15.3 Å². The summed E-state index contributed by atoms with van der Waals surface area (Å²) in [5.74, 6) is 1.01. The van der Waals surface area contributed by atoms with Crippen molar-refractivity contribution in [3.63, 3.8) is 0 Å². The Balaban J connectivity index is 1.51. The Hall–Kier alpha value is -1.20. The first kappa shape index (κ1) is 16.7. The van der Waals surface area contributed by atoms with E-state index >= 15 is 0 Å². The first-order valence-corrected chi connectivity index (χ1v) is 9.70. The van der Waals surface area contributed by atoms with Crippen LogP contribution in [-0.2, 0) is 5.75 Å². The molecule has 1 saturated heterocycles. The van der Waals surface area contributed by atoms with Gasteiger partial charge in [0.2, 0.25) is 0 Å². The monoisotopic (exact) mass is 334 g/mol. The molecule has 2 fully saturated rings. The average molecular weight is 334 g/mol. The van der Waals surface area contributed by atoms with Crippen molar-refractivity contribution >= 4 is 23.5 Å². The van der Waals surface area contributed by atoms with Crippen LogP contribution in [0.4, 0.5) is 10.5 Å². The molecule has 2 amide bonds. The number of nitrogens with zero attached hydrogens (tertiary/aromatic N) is 1. The molecule has 4 nitrogen and oxygen atoms in total. The average Bonchev–Trinajstić information content (AvgIpc) is 3.01. The second kappa shape index (κ2) is 8.06. The standard InChI is InChI=1S/C18H26N2O2S/c21-16-9-10-20(12-16)18(22)19-15-6-4-5-14(11-15)13-23-17-7-2-1-3-8-17/h4-6,11,16-17,21H,1-3,7-10,12-13H2,(H,19,22)/t16-/m1/s1. The highest BCUT2D eigenvalue weighted by Crippen LogP contribution is 2.30. The van der Waals surface area contributed by atoms with Crippen molar-refractivity contribution in [1.82, 2.24) is 4.90 Å². The fourth-order valence-electron chi connectivity index (χ4n) is 3.31. The summed E-state index contributed by atoms with van der Waals surface area (Å²) >= 11 is 2.05. The highest BCUT2D eigenvalue weighted by molar-refractivity contribution is 7.99. The van der Waals surface area contributed by atoms with Gasteiger partial charge in [0.15, 0.2) is 0 Å². The summed E-state index contributed by atoms with van der Waals surface area (Å²) < 4.78 is 0. The Morgan fingerprint density at radius 3 is 2.83 bits per heavy atom. The highest BCUT2D eigenvalue weighted by atomic mass is 32.2. The molecule has 0 spiro atoms. The van der Waals surface area contributed by atoms with Crippen LogP contribution in [0.1, 0.15) is 44.1 Å². The van der Waals surface area contributed by atoms with E-state index in [0.717, 1.165) is 16.7 Å². The molecule has 1 aromatic carbocycles. The number of likely N-dealkylation sites (tertiary alicyclic amines) is 1. The molecule has 126 valence electrons. The molecule has 2 aliphatic rings. The van der Waals surface area contributed by atoms with E-state index in [1.54, 1.807) is 4.90 Å². The second-order valence-corrected chi connectivity index (χ2v) is 7.88. The lowest BCUT2D eigenvalue weighted by molar-refractivity contribution is 0.176. The van der Waals surface area contributed by atoms with Crippen LogP contribution in [0, 0.1) is 0 Å². The Kier molecular flexibility index (Phi) is 5.84. The van der Waals surface area contributed by atoms with Crippen LogP contribution >= 0.6 is 11.8 Å². The lowest BCUT2D eigenvalue weighted by Gasteiger charge is -2.21. The third kappa shape index (κ3) is 4.88. The normalized spacial score (nSPS) is 22.3. The van der Waals surface area contributed by atoms with Gasteiger partial charge in [0, 0.05) is 29.8 Å². The molecule has 2 N–H and O–H groups in total. The number of aliphatic hydroxyl groups excluding tert-OH is 1. The van der Waals surface area contributed by atoms with Gasteiger partial charge >= 0.3 is 6.03 Å². The van der Waals surface area contributed by atoms with Crippen LogP contribution in [0.15, 0.2) is 24.3 Å². The SMILES string of the molecule is O=C(Nc1cccc(CSC2CCCCC2)c1)N1CC[C@@H](O)C1. The first-order chi connectivity index (χ1) is 11.2. The predicted octanol–water partition coefficient (Wildman–Crippen LogP) is 3.85. The summed E-state index contributed by atoms with van der Waals surface area (Å²) in [5.41, 5.74) is 2.11. The third-order valence-corrected chi connectivity index (χ3v) is 6.11. The van der Waals surface area contributed by atoms with Gasteiger partial charge in [-0.15, -0.1) is 0 Å². The van der Waals surface area contributed by atoms with E-state index in [1.165, 1.54) is 37.7 Å². The smallest absolute Gasteiger partial charge is 0.321 e. The van der Waals surface area contributed by atoms with Crippen LogP contribution in [0.25, 0.3) is 0 Å². The van der Waals surface area contributed by atoms with Crippen molar-refractivity contribution in [2.75, 3.05) is 18.4 Å². The van der Waals surface area contributed by atoms with Crippen LogP contribution in [0.2, 0.25) is 0 Å². The number of urea groups is 1. The van der Waals surface area contributed by atoms with Crippen molar-refractivity contribution < 1.29 is 9.90 Å². The first-order valence-electron chi connectivity index (χ1n) is 8.65. The van der Waals surface area contributed by atoms with Crippen LogP contribution < -0.4 is 5.32 Å². The maximum atomic E-state index is 12.2. The number of aliphatic hydroxyl groups is 1. The minimum atomic E-state index is -0.376. The fraction of sp³-hybridized carbons (Fsp3) is 0.611. The van der Waals surface area contributed by atoms with E-state index in [2.05, 4.69) is 17.4 Å². The van der Waals surface area contributed by atoms with E-state index in [4.69, 9.17) is 0 Å². The third-order valence-electron chi connectivity index (χ3n) is 4.67. The summed E-state index contributed by atoms with van der Waals surface area (Å²) in [6.45, 7) is 1.06. The number of nitrogens with one attached hydrogen (secondary N) is 1. The molecule has 1 atom stereocenters. The predicted molar refractivity (Wildman–Crippen MR) is 95.8 cm³/mol. The zero-order valence-corrected chi connectivity index (χ0v) is 14.4. The Labute approximate surface area is 142 Å². The Morgan fingerprint density at radius 2 is 2.09 bits per heavy atom. The number of benzene rings is 1. The van der Waals surface area contributed by atoms with Crippen molar-refractivity contribution in [3.05, 3.63) is 29.8 Å². The maximum Gasteiger partial charge on any atom is 0.321 e. The number of rotatable bonds is 4. The van der Waals surface area contributed by atoms with Crippen LogP contribution in [0.5, 0.6) is 0 Å². The molecule has 1 aliphatic heterocycles. The quantitative estimate of drug-likeness (QED) is 0.879. The zero-order chi connectivity index (χ0) is 16.1. The molecule has 0 bridgehead atoms. The number of β-amino-alcohol motifs (C(OH)–C–C–N with tert-alkyl or cyclic N) is 1. The van der Waals surface area contributed by atoms with Crippen LogP contribution in [-0.4, -0.2) is 40.5 Å². The molecule has 0 unspecified atom stereocenters. The van der Waals surface area contributed by atoms with Crippen molar-refractivity contribution in [2.45, 2.75) is 55.6 Å². The molecule has 3 rings (SSSR count). The van der Waals surface area contributed by atoms with Gasteiger partial charge in [-0.05, 0) is 37.0 Å². The number of anilines is 1. The molecule has 0 radical (unpaired) electrons. The second-order valence-electron chi connectivity index (χ2n) is 6.59. The molecule has 23 heavy (non-hydrogen) atoms. The largest absolute Gasteiger partial charge is 0.391 e. The van der Waals surface area contributed by atoms with E-state index in [1.807, 2.05) is 23.9 Å². The lowest BCUT2D eigenvalue weighted by atomic mass is 10.0. The van der Waals surface area contributed by atoms with Crippen molar-refractivity contribution in [2.24, 2.45) is 0 Å². The maximum absolute atomic E-state index is 12.2. The number of carbonyl (C=O) groups excluding carboxylic acids is 1. The highest BCUT2D eigenvalue weighted by Gasteiger charge is 2.24. The molecule has 5 heteroatoms. The number of carbonyl (C=O) groups is 1. The van der Waals surface area contributed by atoms with Crippen molar-refractivity contribution in [3.8, 4) is 0 Å². The minimum absolute atomic E-state index is 0.112. The molecular weight excluding hydrogens is 308 g/mol.